The van der Waals surface area contributed by atoms with Crippen LogP contribution in [0, 0.1) is 0 Å². The van der Waals surface area contributed by atoms with E-state index >= 15 is 0 Å². The highest BCUT2D eigenvalue weighted by Gasteiger charge is 2.15. The summed E-state index contributed by atoms with van der Waals surface area (Å²) in [6, 6.07) is 0. The van der Waals surface area contributed by atoms with Crippen LogP contribution < -0.4 is 11.1 Å². The minimum Gasteiger partial charge on any atom is -0.444 e. The van der Waals surface area contributed by atoms with Crippen molar-refractivity contribution in [2.24, 2.45) is 5.73 Å². The average molecular weight is 204 g/mol. The van der Waals surface area contributed by atoms with Crippen LogP contribution in [0.25, 0.3) is 0 Å². The lowest BCUT2D eigenvalue weighted by Crippen LogP contribution is -2.33. The molecule has 0 aromatic carbocycles. The lowest BCUT2D eigenvalue weighted by Gasteiger charge is -2.19. The largest absolute Gasteiger partial charge is 0.444 e. The molecule has 0 atom stereocenters. The standard InChI is InChI=1S/C9H20N2O3/c1-9(2,3)14-8(12)11-5-4-6-13-7-10/h4-7,10H2,1-3H3,(H,11,12). The van der Waals surface area contributed by atoms with E-state index in [2.05, 4.69) is 5.32 Å². The van der Waals surface area contributed by atoms with Gasteiger partial charge < -0.3 is 20.5 Å². The van der Waals surface area contributed by atoms with Crippen molar-refractivity contribution in [1.29, 1.82) is 0 Å². The van der Waals surface area contributed by atoms with Crippen LogP contribution in [0.15, 0.2) is 0 Å². The molecule has 0 rings (SSSR count). The molecule has 84 valence electrons. The molecule has 0 aromatic rings. The van der Waals surface area contributed by atoms with Gasteiger partial charge in [0.1, 0.15) is 5.60 Å². The second kappa shape index (κ2) is 6.62. The third kappa shape index (κ3) is 9.28. The smallest absolute Gasteiger partial charge is 0.407 e. The van der Waals surface area contributed by atoms with E-state index in [1.165, 1.54) is 0 Å². The predicted molar refractivity (Wildman–Crippen MR) is 53.9 cm³/mol. The summed E-state index contributed by atoms with van der Waals surface area (Å²) in [4.78, 5) is 11.1. The van der Waals surface area contributed by atoms with Gasteiger partial charge in [-0.25, -0.2) is 4.79 Å². The number of nitrogens with two attached hydrogens (primary N) is 1. The zero-order valence-electron chi connectivity index (χ0n) is 9.13. The number of amides is 1. The minimum absolute atomic E-state index is 0.215. The second-order valence-corrected chi connectivity index (χ2v) is 3.86. The molecule has 0 aromatic heterocycles. The summed E-state index contributed by atoms with van der Waals surface area (Å²) in [5.41, 5.74) is 4.67. The Balaban J connectivity index is 3.36. The molecule has 0 aliphatic rings. The first-order valence-electron chi connectivity index (χ1n) is 4.70. The fourth-order valence-corrected chi connectivity index (χ4v) is 0.762. The Morgan fingerprint density at radius 1 is 1.43 bits per heavy atom. The molecule has 0 spiro atoms. The third-order valence-corrected chi connectivity index (χ3v) is 1.25. The molecule has 1 amide bonds. The molecular formula is C9H20N2O3. The van der Waals surface area contributed by atoms with E-state index in [-0.39, 0.29) is 6.73 Å². The normalized spacial score (nSPS) is 11.1. The van der Waals surface area contributed by atoms with Crippen LogP contribution in [0.5, 0.6) is 0 Å². The van der Waals surface area contributed by atoms with Gasteiger partial charge in [0.15, 0.2) is 0 Å². The molecule has 14 heavy (non-hydrogen) atoms. The molecule has 0 saturated heterocycles. The second-order valence-electron chi connectivity index (χ2n) is 3.86. The average Bonchev–Trinajstić information content (AvgIpc) is 2.00. The maximum atomic E-state index is 11.1. The summed E-state index contributed by atoms with van der Waals surface area (Å²) in [5, 5.41) is 2.62. The lowest BCUT2D eigenvalue weighted by molar-refractivity contribution is 0.0520. The van der Waals surface area contributed by atoms with Crippen molar-refractivity contribution in [3.05, 3.63) is 0 Å². The van der Waals surface area contributed by atoms with Crippen molar-refractivity contribution in [2.45, 2.75) is 32.8 Å². The van der Waals surface area contributed by atoms with Gasteiger partial charge in [-0.1, -0.05) is 0 Å². The maximum Gasteiger partial charge on any atom is 0.407 e. The maximum absolute atomic E-state index is 11.1. The van der Waals surface area contributed by atoms with Crippen LogP contribution >= 0.6 is 0 Å². The van der Waals surface area contributed by atoms with Gasteiger partial charge >= 0.3 is 6.09 Å². The Morgan fingerprint density at radius 2 is 2.07 bits per heavy atom. The SMILES string of the molecule is CC(C)(C)OC(=O)NCCCOCN. The van der Waals surface area contributed by atoms with Crippen LogP contribution in [0.1, 0.15) is 27.2 Å². The van der Waals surface area contributed by atoms with E-state index in [1.54, 1.807) is 0 Å². The Labute approximate surface area is 84.9 Å². The molecule has 5 nitrogen and oxygen atoms in total. The van der Waals surface area contributed by atoms with Crippen molar-refractivity contribution >= 4 is 6.09 Å². The predicted octanol–water partition coefficient (Wildman–Crippen LogP) is 0.834. The highest BCUT2D eigenvalue weighted by molar-refractivity contribution is 5.67. The minimum atomic E-state index is -0.447. The van der Waals surface area contributed by atoms with Gasteiger partial charge in [0.05, 0.1) is 13.3 Å². The number of alkyl carbamates (subject to hydrolysis) is 1. The molecule has 0 bridgehead atoms. The van der Waals surface area contributed by atoms with Crippen molar-refractivity contribution in [3.63, 3.8) is 0 Å². The highest BCUT2D eigenvalue weighted by Crippen LogP contribution is 2.06. The van der Waals surface area contributed by atoms with Gasteiger partial charge in [0.2, 0.25) is 0 Å². The first kappa shape index (κ1) is 13.2. The number of nitrogens with one attached hydrogen (secondary N) is 1. The highest BCUT2D eigenvalue weighted by atomic mass is 16.6. The number of rotatable bonds is 5. The summed E-state index contributed by atoms with van der Waals surface area (Å²) < 4.78 is 9.93. The molecular weight excluding hydrogens is 184 g/mol. The molecule has 0 heterocycles. The topological polar surface area (TPSA) is 73.6 Å². The van der Waals surface area contributed by atoms with Gasteiger partial charge in [-0.05, 0) is 27.2 Å². The van der Waals surface area contributed by atoms with Crippen molar-refractivity contribution in [2.75, 3.05) is 19.9 Å². The van der Waals surface area contributed by atoms with E-state index in [0.717, 1.165) is 6.42 Å². The number of hydrogen-bond donors (Lipinski definition) is 2. The number of carbonyl (C=O) groups is 1. The van der Waals surface area contributed by atoms with E-state index < -0.39 is 11.7 Å². The third-order valence-electron chi connectivity index (χ3n) is 1.25. The van der Waals surface area contributed by atoms with Crippen molar-refractivity contribution < 1.29 is 14.3 Å². The van der Waals surface area contributed by atoms with Crippen LogP contribution in [0.3, 0.4) is 0 Å². The Morgan fingerprint density at radius 3 is 2.57 bits per heavy atom. The van der Waals surface area contributed by atoms with Gasteiger partial charge in [-0.3, -0.25) is 0 Å². The van der Waals surface area contributed by atoms with Crippen LogP contribution in [-0.4, -0.2) is 31.6 Å². The van der Waals surface area contributed by atoms with Crippen LogP contribution in [0.4, 0.5) is 4.79 Å². The molecule has 0 unspecified atom stereocenters. The summed E-state index contributed by atoms with van der Waals surface area (Å²) in [6.45, 7) is 6.77. The zero-order chi connectivity index (χ0) is 11.0. The van der Waals surface area contributed by atoms with Gasteiger partial charge in [-0.2, -0.15) is 0 Å². The van der Waals surface area contributed by atoms with E-state index in [0.29, 0.717) is 13.2 Å². The molecule has 0 saturated carbocycles. The lowest BCUT2D eigenvalue weighted by atomic mass is 10.2. The fourth-order valence-electron chi connectivity index (χ4n) is 0.762. The quantitative estimate of drug-likeness (QED) is 0.514. The molecule has 3 N–H and O–H groups in total. The van der Waals surface area contributed by atoms with Crippen molar-refractivity contribution in [1.82, 2.24) is 5.32 Å². The number of ether oxygens (including phenoxy) is 2. The molecule has 0 aliphatic heterocycles. The van der Waals surface area contributed by atoms with Crippen LogP contribution in [0.2, 0.25) is 0 Å². The molecule has 5 heteroatoms. The Hall–Kier alpha value is -0.810. The van der Waals surface area contributed by atoms with Gasteiger partial charge in [-0.15, -0.1) is 0 Å². The summed E-state index contributed by atoms with van der Waals surface area (Å²) in [6.07, 6.45) is 0.335. The van der Waals surface area contributed by atoms with E-state index in [9.17, 15) is 4.79 Å². The summed E-state index contributed by atoms with van der Waals surface area (Å²) >= 11 is 0. The molecule has 0 aliphatic carbocycles. The Kier molecular flexibility index (Phi) is 6.23. The zero-order valence-corrected chi connectivity index (χ0v) is 9.13. The Bertz CT molecular complexity index is 166. The summed E-state index contributed by atoms with van der Waals surface area (Å²) in [5.74, 6) is 0. The van der Waals surface area contributed by atoms with Gasteiger partial charge in [0, 0.05) is 6.54 Å². The first-order chi connectivity index (χ1) is 6.45. The first-order valence-corrected chi connectivity index (χ1v) is 4.70. The monoisotopic (exact) mass is 204 g/mol. The van der Waals surface area contributed by atoms with E-state index in [1.807, 2.05) is 20.8 Å². The molecule has 0 fully saturated rings. The number of hydrogen-bond acceptors (Lipinski definition) is 4. The van der Waals surface area contributed by atoms with E-state index in [4.69, 9.17) is 15.2 Å². The number of carbonyl (C=O) groups excluding carboxylic acids is 1. The fraction of sp³-hybridized carbons (Fsp3) is 0.889. The van der Waals surface area contributed by atoms with Crippen molar-refractivity contribution in [3.8, 4) is 0 Å². The van der Waals surface area contributed by atoms with Crippen LogP contribution in [-0.2, 0) is 9.47 Å². The molecule has 0 radical (unpaired) electrons. The van der Waals surface area contributed by atoms with Gasteiger partial charge in [0.25, 0.3) is 0 Å². The summed E-state index contributed by atoms with van der Waals surface area (Å²) in [7, 11) is 0.